The lowest BCUT2D eigenvalue weighted by Crippen LogP contribution is -2.24. The molecule has 0 heterocycles. The molecule has 1 aliphatic rings. The van der Waals surface area contributed by atoms with Gasteiger partial charge in [0.1, 0.15) is 5.82 Å². The van der Waals surface area contributed by atoms with Crippen LogP contribution in [0.5, 0.6) is 0 Å². The Morgan fingerprint density at radius 3 is 2.36 bits per heavy atom. The zero-order chi connectivity index (χ0) is 19.9. The van der Waals surface area contributed by atoms with E-state index in [1.807, 2.05) is 24.3 Å². The van der Waals surface area contributed by atoms with E-state index in [0.717, 1.165) is 36.9 Å². The lowest BCUT2D eigenvalue weighted by molar-refractivity contribution is -0.120. The number of nitrogens with one attached hydrogen (secondary N) is 2. The molecule has 2 aromatic carbocycles. The fourth-order valence-electron chi connectivity index (χ4n) is 3.31. The van der Waals surface area contributed by atoms with Crippen molar-refractivity contribution in [2.24, 2.45) is 11.0 Å². The van der Waals surface area contributed by atoms with E-state index in [1.165, 1.54) is 24.6 Å². The highest BCUT2D eigenvalue weighted by Gasteiger charge is 2.21. The Morgan fingerprint density at radius 1 is 1.00 bits per heavy atom. The number of carbonyl (C=O) groups is 2. The van der Waals surface area contributed by atoms with Gasteiger partial charge in [0.25, 0.3) is 5.91 Å². The Balaban J connectivity index is 1.59. The van der Waals surface area contributed by atoms with Crippen LogP contribution in [-0.4, -0.2) is 17.5 Å². The second kappa shape index (κ2) is 9.26. The number of rotatable bonds is 5. The average molecular weight is 381 g/mol. The van der Waals surface area contributed by atoms with Crippen molar-refractivity contribution in [1.29, 1.82) is 0 Å². The van der Waals surface area contributed by atoms with Crippen LogP contribution in [0.15, 0.2) is 53.6 Å². The topological polar surface area (TPSA) is 70.6 Å². The maximum atomic E-state index is 13.6. The molecule has 1 aliphatic carbocycles. The summed E-state index contributed by atoms with van der Waals surface area (Å²) in [5.41, 5.74) is 4.42. The molecular formula is C22H24FN3O2. The number of amides is 2. The molecule has 1 fully saturated rings. The summed E-state index contributed by atoms with van der Waals surface area (Å²) in [5, 5.41) is 7.00. The standard InChI is InChI=1S/C22H24FN3O2/c1-15(25-26-22(28)19-9-5-6-10-20(19)23)16-11-13-18(14-12-16)24-21(27)17-7-3-2-4-8-17/h5-6,9-14,17H,2-4,7-8H2,1H3,(H,24,27)(H,26,28)/b25-15+. The third-order valence-corrected chi connectivity index (χ3v) is 4.99. The Morgan fingerprint density at radius 2 is 1.68 bits per heavy atom. The first-order chi connectivity index (χ1) is 13.5. The fourth-order valence-corrected chi connectivity index (χ4v) is 3.31. The van der Waals surface area contributed by atoms with Crippen molar-refractivity contribution >= 4 is 23.2 Å². The van der Waals surface area contributed by atoms with Crippen LogP contribution in [0.2, 0.25) is 0 Å². The van der Waals surface area contributed by atoms with Crippen LogP contribution >= 0.6 is 0 Å². The molecule has 0 spiro atoms. The van der Waals surface area contributed by atoms with E-state index in [0.29, 0.717) is 5.71 Å². The fraction of sp³-hybridized carbons (Fsp3) is 0.318. The molecular weight excluding hydrogens is 357 g/mol. The summed E-state index contributed by atoms with van der Waals surface area (Å²) in [5.74, 6) is -1.01. The lowest BCUT2D eigenvalue weighted by atomic mass is 9.88. The number of nitrogens with zero attached hydrogens (tertiary/aromatic N) is 1. The van der Waals surface area contributed by atoms with Crippen LogP contribution in [0.4, 0.5) is 10.1 Å². The number of halogens is 1. The van der Waals surface area contributed by atoms with E-state index in [4.69, 9.17) is 0 Å². The normalized spacial score (nSPS) is 15.1. The summed E-state index contributed by atoms with van der Waals surface area (Å²) in [4.78, 5) is 24.3. The number of hydrazone groups is 1. The molecule has 28 heavy (non-hydrogen) atoms. The van der Waals surface area contributed by atoms with Crippen LogP contribution in [-0.2, 0) is 4.79 Å². The second-order valence-electron chi connectivity index (χ2n) is 7.02. The van der Waals surface area contributed by atoms with Gasteiger partial charge in [-0.25, -0.2) is 9.82 Å². The second-order valence-corrected chi connectivity index (χ2v) is 7.02. The van der Waals surface area contributed by atoms with Gasteiger partial charge in [-0.05, 0) is 49.6 Å². The Labute approximate surface area is 164 Å². The summed E-state index contributed by atoms with van der Waals surface area (Å²) < 4.78 is 13.6. The highest BCUT2D eigenvalue weighted by molar-refractivity contribution is 6.01. The molecule has 3 rings (SSSR count). The number of benzene rings is 2. The van der Waals surface area contributed by atoms with Gasteiger partial charge in [0, 0.05) is 11.6 Å². The molecule has 0 aliphatic heterocycles. The zero-order valence-corrected chi connectivity index (χ0v) is 15.9. The lowest BCUT2D eigenvalue weighted by Gasteiger charge is -2.20. The van der Waals surface area contributed by atoms with Gasteiger partial charge in [0.15, 0.2) is 0 Å². The first kappa shape index (κ1) is 19.7. The number of carbonyl (C=O) groups excluding carboxylic acids is 2. The molecule has 0 saturated heterocycles. The first-order valence-corrected chi connectivity index (χ1v) is 9.55. The highest BCUT2D eigenvalue weighted by atomic mass is 19.1. The van der Waals surface area contributed by atoms with Crippen molar-refractivity contribution < 1.29 is 14.0 Å². The maximum absolute atomic E-state index is 13.6. The van der Waals surface area contributed by atoms with Gasteiger partial charge >= 0.3 is 0 Å². The van der Waals surface area contributed by atoms with Crippen molar-refractivity contribution in [3.05, 3.63) is 65.5 Å². The van der Waals surface area contributed by atoms with Crippen LogP contribution in [0.1, 0.15) is 54.9 Å². The van der Waals surface area contributed by atoms with Gasteiger partial charge in [0.2, 0.25) is 5.91 Å². The van der Waals surface area contributed by atoms with Crippen molar-refractivity contribution in [2.75, 3.05) is 5.32 Å². The van der Waals surface area contributed by atoms with Gasteiger partial charge in [0.05, 0.1) is 11.3 Å². The third-order valence-electron chi connectivity index (χ3n) is 4.99. The highest BCUT2D eigenvalue weighted by Crippen LogP contribution is 2.25. The molecule has 2 N–H and O–H groups in total. The van der Waals surface area contributed by atoms with E-state index in [-0.39, 0.29) is 17.4 Å². The molecule has 2 aromatic rings. The monoisotopic (exact) mass is 381 g/mol. The van der Waals surface area contributed by atoms with Crippen LogP contribution in [0.3, 0.4) is 0 Å². The maximum Gasteiger partial charge on any atom is 0.274 e. The summed E-state index contributed by atoms with van der Waals surface area (Å²) in [7, 11) is 0. The van der Waals surface area contributed by atoms with E-state index in [9.17, 15) is 14.0 Å². The largest absolute Gasteiger partial charge is 0.326 e. The van der Waals surface area contributed by atoms with Gasteiger partial charge in [-0.3, -0.25) is 9.59 Å². The summed E-state index contributed by atoms with van der Waals surface area (Å²) >= 11 is 0. The average Bonchev–Trinajstić information content (AvgIpc) is 2.73. The molecule has 6 heteroatoms. The molecule has 0 unspecified atom stereocenters. The van der Waals surface area contributed by atoms with E-state index >= 15 is 0 Å². The number of hydrogen-bond acceptors (Lipinski definition) is 3. The van der Waals surface area contributed by atoms with E-state index in [2.05, 4.69) is 15.8 Å². The summed E-state index contributed by atoms with van der Waals surface area (Å²) in [6, 6.07) is 13.0. The van der Waals surface area contributed by atoms with E-state index < -0.39 is 11.7 Å². The SMILES string of the molecule is C/C(=N\NC(=O)c1ccccc1F)c1ccc(NC(=O)C2CCCCC2)cc1. The minimum absolute atomic E-state index is 0.0557. The molecule has 0 bridgehead atoms. The number of hydrogen-bond donors (Lipinski definition) is 2. The van der Waals surface area contributed by atoms with Crippen LogP contribution in [0, 0.1) is 11.7 Å². The quantitative estimate of drug-likeness (QED) is 0.591. The van der Waals surface area contributed by atoms with Gasteiger partial charge in [-0.15, -0.1) is 0 Å². The predicted octanol–water partition coefficient (Wildman–Crippen LogP) is 4.50. The minimum atomic E-state index is -0.603. The first-order valence-electron chi connectivity index (χ1n) is 9.55. The summed E-state index contributed by atoms with van der Waals surface area (Å²) in [6.07, 6.45) is 5.36. The molecule has 0 radical (unpaired) electrons. The smallest absolute Gasteiger partial charge is 0.274 e. The van der Waals surface area contributed by atoms with Crippen molar-refractivity contribution in [1.82, 2.24) is 5.43 Å². The van der Waals surface area contributed by atoms with Crippen molar-refractivity contribution in [3.8, 4) is 0 Å². The van der Waals surface area contributed by atoms with Gasteiger partial charge < -0.3 is 5.32 Å². The molecule has 1 saturated carbocycles. The summed E-state index contributed by atoms with van der Waals surface area (Å²) in [6.45, 7) is 1.75. The Bertz CT molecular complexity index is 872. The predicted molar refractivity (Wildman–Crippen MR) is 108 cm³/mol. The minimum Gasteiger partial charge on any atom is -0.326 e. The molecule has 146 valence electrons. The van der Waals surface area contributed by atoms with Crippen LogP contribution < -0.4 is 10.7 Å². The zero-order valence-electron chi connectivity index (χ0n) is 15.9. The van der Waals surface area contributed by atoms with Gasteiger partial charge in [-0.1, -0.05) is 43.5 Å². The van der Waals surface area contributed by atoms with Crippen molar-refractivity contribution in [2.45, 2.75) is 39.0 Å². The van der Waals surface area contributed by atoms with Gasteiger partial charge in [-0.2, -0.15) is 5.10 Å². The molecule has 0 aromatic heterocycles. The molecule has 2 amide bonds. The Kier molecular flexibility index (Phi) is 6.53. The number of anilines is 1. The van der Waals surface area contributed by atoms with Crippen molar-refractivity contribution in [3.63, 3.8) is 0 Å². The molecule has 5 nitrogen and oxygen atoms in total. The Hall–Kier alpha value is -3.02. The molecule has 0 atom stereocenters. The third kappa shape index (κ3) is 5.03. The van der Waals surface area contributed by atoms with Crippen LogP contribution in [0.25, 0.3) is 0 Å². The van der Waals surface area contributed by atoms with E-state index in [1.54, 1.807) is 13.0 Å².